The molecule has 28 heavy (non-hydrogen) atoms. The molecule has 4 rings (SSSR count). The molecule has 1 nitrogen and oxygen atoms in total. The Labute approximate surface area is 167 Å². The van der Waals surface area contributed by atoms with E-state index < -0.39 is 11.6 Å². The second-order valence-electron chi connectivity index (χ2n) is 8.99. The van der Waals surface area contributed by atoms with Crippen LogP contribution in [0.5, 0.6) is 0 Å². The summed E-state index contributed by atoms with van der Waals surface area (Å²) >= 11 is 0. The van der Waals surface area contributed by atoms with E-state index in [0.717, 1.165) is 18.3 Å². The second-order valence-corrected chi connectivity index (χ2v) is 8.99. The highest BCUT2D eigenvalue weighted by molar-refractivity contribution is 5.30. The Morgan fingerprint density at radius 3 is 2.50 bits per heavy atom. The molecule has 0 spiro atoms. The van der Waals surface area contributed by atoms with E-state index in [1.807, 2.05) is 0 Å². The summed E-state index contributed by atoms with van der Waals surface area (Å²) in [6.07, 6.45) is 17.2. The number of hydrogen-bond donors (Lipinski definition) is 0. The van der Waals surface area contributed by atoms with Gasteiger partial charge in [0, 0.05) is 5.56 Å². The number of ether oxygens (including phenoxy) is 1. The summed E-state index contributed by atoms with van der Waals surface area (Å²) in [6.45, 7) is 2.76. The molecule has 0 amide bonds. The fourth-order valence-corrected chi connectivity index (χ4v) is 5.02. The van der Waals surface area contributed by atoms with E-state index in [-0.39, 0.29) is 6.10 Å². The summed E-state index contributed by atoms with van der Waals surface area (Å²) in [4.78, 5) is 0. The molecule has 0 N–H and O–H groups in total. The summed E-state index contributed by atoms with van der Waals surface area (Å²) in [5.41, 5.74) is 2.40. The van der Waals surface area contributed by atoms with Crippen molar-refractivity contribution in [1.29, 1.82) is 0 Å². The van der Waals surface area contributed by atoms with Crippen LogP contribution in [0.3, 0.4) is 0 Å². The monoisotopic (exact) mass is 386 g/mol. The fraction of sp³-hybridized carbons (Fsp3) is 0.600. The molecule has 2 fully saturated rings. The standard InChI is InChI=1S/C25H32F2O/c1-17-6-10-19(11-7-17)20-12-8-18(9-13-20)4-2-3-5-21-14-15-22(23-16-28-23)25(27)24(21)26/h2,4,6,14-15,18-20,23H,3,5,7-13,16H2,1H3/b4-2+. The number of epoxide rings is 1. The van der Waals surface area contributed by atoms with Gasteiger partial charge in [0.05, 0.1) is 6.61 Å². The lowest BCUT2D eigenvalue weighted by atomic mass is 9.71. The van der Waals surface area contributed by atoms with Crippen LogP contribution in [0.2, 0.25) is 0 Å². The SMILES string of the molecule is CC1=CCC(C2CCC(/C=C/CCc3ccc(C4CO4)c(F)c3F)CC2)CC1. The number of hydrogen-bond acceptors (Lipinski definition) is 1. The molecule has 0 bridgehead atoms. The van der Waals surface area contributed by atoms with Gasteiger partial charge in [0.2, 0.25) is 0 Å². The highest BCUT2D eigenvalue weighted by Crippen LogP contribution is 2.40. The molecular weight excluding hydrogens is 354 g/mol. The second kappa shape index (κ2) is 8.90. The molecule has 1 aromatic carbocycles. The minimum Gasteiger partial charge on any atom is -0.368 e. The first-order valence-corrected chi connectivity index (χ1v) is 11.0. The lowest BCUT2D eigenvalue weighted by molar-refractivity contribution is 0.209. The van der Waals surface area contributed by atoms with Gasteiger partial charge in [-0.25, -0.2) is 8.78 Å². The van der Waals surface area contributed by atoms with Gasteiger partial charge in [-0.1, -0.05) is 35.9 Å². The smallest absolute Gasteiger partial charge is 0.164 e. The van der Waals surface area contributed by atoms with Crippen LogP contribution in [0.4, 0.5) is 8.78 Å². The van der Waals surface area contributed by atoms with Gasteiger partial charge in [0.1, 0.15) is 6.10 Å². The third-order valence-corrected chi connectivity index (χ3v) is 7.02. The average Bonchev–Trinajstić information content (AvgIpc) is 3.55. The van der Waals surface area contributed by atoms with Gasteiger partial charge < -0.3 is 4.74 Å². The Kier molecular flexibility index (Phi) is 6.30. The molecule has 0 aromatic heterocycles. The highest BCUT2D eigenvalue weighted by atomic mass is 19.2. The van der Waals surface area contributed by atoms with E-state index in [9.17, 15) is 8.78 Å². The Morgan fingerprint density at radius 1 is 1.04 bits per heavy atom. The summed E-state index contributed by atoms with van der Waals surface area (Å²) in [5, 5.41) is 0. The number of aryl methyl sites for hydroxylation is 1. The summed E-state index contributed by atoms with van der Waals surface area (Å²) < 4.78 is 33.4. The largest absolute Gasteiger partial charge is 0.368 e. The molecule has 3 aliphatic rings. The number of rotatable bonds is 6. The number of halogens is 2. The van der Waals surface area contributed by atoms with Gasteiger partial charge in [-0.05, 0) is 88.0 Å². The van der Waals surface area contributed by atoms with E-state index in [1.54, 1.807) is 17.7 Å². The van der Waals surface area contributed by atoms with E-state index in [1.165, 1.54) is 44.9 Å². The Bertz CT molecular complexity index is 739. The van der Waals surface area contributed by atoms with Gasteiger partial charge in [0.25, 0.3) is 0 Å². The zero-order valence-corrected chi connectivity index (χ0v) is 16.9. The summed E-state index contributed by atoms with van der Waals surface area (Å²) in [6, 6.07) is 3.40. The maximum absolute atomic E-state index is 14.2. The van der Waals surface area contributed by atoms with Crippen molar-refractivity contribution in [2.45, 2.75) is 70.8 Å². The van der Waals surface area contributed by atoms with E-state index in [4.69, 9.17) is 4.74 Å². The first-order chi connectivity index (χ1) is 13.6. The van der Waals surface area contributed by atoms with E-state index in [0.29, 0.717) is 30.1 Å². The van der Waals surface area contributed by atoms with Gasteiger partial charge in [-0.3, -0.25) is 0 Å². The minimum atomic E-state index is -0.727. The lowest BCUT2D eigenvalue weighted by Gasteiger charge is -2.34. The molecule has 1 saturated carbocycles. The highest BCUT2D eigenvalue weighted by Gasteiger charge is 2.30. The predicted octanol–water partition coefficient (Wildman–Crippen LogP) is 7.08. The maximum Gasteiger partial charge on any atom is 0.164 e. The first kappa shape index (κ1) is 19.8. The van der Waals surface area contributed by atoms with Crippen molar-refractivity contribution >= 4 is 0 Å². The molecular formula is C25H32F2O. The molecule has 2 atom stereocenters. The van der Waals surface area contributed by atoms with Crippen molar-refractivity contribution in [2.24, 2.45) is 17.8 Å². The van der Waals surface area contributed by atoms with Crippen molar-refractivity contribution in [2.75, 3.05) is 6.61 Å². The first-order valence-electron chi connectivity index (χ1n) is 11.0. The van der Waals surface area contributed by atoms with Crippen LogP contribution in [0.15, 0.2) is 35.9 Å². The molecule has 1 aliphatic heterocycles. The Balaban J connectivity index is 1.21. The van der Waals surface area contributed by atoms with Gasteiger partial charge in [-0.15, -0.1) is 0 Å². The molecule has 3 heteroatoms. The topological polar surface area (TPSA) is 12.5 Å². The minimum absolute atomic E-state index is 0.243. The number of allylic oxidation sites excluding steroid dienone is 4. The van der Waals surface area contributed by atoms with Gasteiger partial charge in [0.15, 0.2) is 11.6 Å². The third-order valence-electron chi connectivity index (χ3n) is 7.02. The molecule has 1 heterocycles. The zero-order valence-electron chi connectivity index (χ0n) is 16.9. The molecule has 152 valence electrons. The van der Waals surface area contributed by atoms with Crippen molar-refractivity contribution in [1.82, 2.24) is 0 Å². The van der Waals surface area contributed by atoms with Gasteiger partial charge in [-0.2, -0.15) is 0 Å². The van der Waals surface area contributed by atoms with Crippen LogP contribution in [0.25, 0.3) is 0 Å². The predicted molar refractivity (Wildman–Crippen MR) is 109 cm³/mol. The average molecular weight is 387 g/mol. The molecule has 2 aliphatic carbocycles. The van der Waals surface area contributed by atoms with Crippen LogP contribution in [0, 0.1) is 29.4 Å². The quantitative estimate of drug-likeness (QED) is 0.376. The maximum atomic E-state index is 14.2. The summed E-state index contributed by atoms with van der Waals surface area (Å²) in [5.74, 6) is 1.04. The Morgan fingerprint density at radius 2 is 1.82 bits per heavy atom. The lowest BCUT2D eigenvalue weighted by Crippen LogP contribution is -2.22. The van der Waals surface area contributed by atoms with Crippen molar-refractivity contribution < 1.29 is 13.5 Å². The number of benzene rings is 1. The fourth-order valence-electron chi connectivity index (χ4n) is 5.02. The third kappa shape index (κ3) is 4.74. The summed E-state index contributed by atoms with van der Waals surface area (Å²) in [7, 11) is 0. The van der Waals surface area contributed by atoms with Crippen LogP contribution in [-0.2, 0) is 11.2 Å². The van der Waals surface area contributed by atoms with Crippen molar-refractivity contribution in [3.05, 3.63) is 58.7 Å². The van der Waals surface area contributed by atoms with Crippen molar-refractivity contribution in [3.8, 4) is 0 Å². The molecule has 1 saturated heterocycles. The Hall–Kier alpha value is -1.48. The van der Waals surface area contributed by atoms with Crippen LogP contribution < -0.4 is 0 Å². The van der Waals surface area contributed by atoms with E-state index >= 15 is 0 Å². The van der Waals surface area contributed by atoms with E-state index in [2.05, 4.69) is 25.2 Å². The molecule has 2 unspecified atom stereocenters. The van der Waals surface area contributed by atoms with Crippen molar-refractivity contribution in [3.63, 3.8) is 0 Å². The normalized spacial score (nSPS) is 30.5. The zero-order chi connectivity index (χ0) is 19.5. The molecule has 0 radical (unpaired) electrons. The van der Waals surface area contributed by atoms with Crippen LogP contribution in [0.1, 0.15) is 75.5 Å². The van der Waals surface area contributed by atoms with Gasteiger partial charge >= 0.3 is 0 Å². The van der Waals surface area contributed by atoms with Crippen LogP contribution in [-0.4, -0.2) is 6.61 Å². The molecule has 1 aromatic rings. The van der Waals surface area contributed by atoms with Crippen LogP contribution >= 0.6 is 0 Å².